The average molecular weight is 351 g/mol. The predicted molar refractivity (Wildman–Crippen MR) is 99.8 cm³/mol. The lowest BCUT2D eigenvalue weighted by atomic mass is 9.81. The van der Waals surface area contributed by atoms with Gasteiger partial charge in [0.1, 0.15) is 0 Å². The molecule has 2 aromatic carbocycles. The van der Waals surface area contributed by atoms with Gasteiger partial charge in [0.25, 0.3) is 0 Å². The van der Waals surface area contributed by atoms with E-state index in [1.54, 1.807) is 0 Å². The van der Waals surface area contributed by atoms with Crippen LogP contribution in [-0.2, 0) is 5.41 Å². The van der Waals surface area contributed by atoms with Crippen LogP contribution in [0.25, 0.3) is 11.1 Å². The molecule has 0 nitrogen and oxygen atoms in total. The number of allylic oxidation sites excluding steroid dienone is 4. The lowest BCUT2D eigenvalue weighted by Crippen LogP contribution is -2.15. The maximum atomic E-state index is 4.32. The van der Waals surface area contributed by atoms with Crippen molar-refractivity contribution in [2.24, 2.45) is 0 Å². The van der Waals surface area contributed by atoms with Crippen molar-refractivity contribution < 1.29 is 0 Å². The van der Waals surface area contributed by atoms with E-state index in [-0.39, 0.29) is 5.41 Å². The molecule has 0 amide bonds. The fourth-order valence-electron chi connectivity index (χ4n) is 3.15. The largest absolute Gasteiger partial charge is 0.0911 e. The van der Waals surface area contributed by atoms with Crippen molar-refractivity contribution in [2.75, 3.05) is 0 Å². The van der Waals surface area contributed by atoms with Crippen LogP contribution >= 0.6 is 15.9 Å². The fraction of sp³-hybridized carbons (Fsp3) is 0.143. The molecule has 0 saturated heterocycles. The molecule has 2 aromatic rings. The maximum absolute atomic E-state index is 4.32. The molecule has 0 saturated carbocycles. The molecule has 0 heterocycles. The molecule has 1 heteroatoms. The fourth-order valence-corrected chi connectivity index (χ4v) is 3.41. The first kappa shape index (κ1) is 15.1. The van der Waals surface area contributed by atoms with Crippen molar-refractivity contribution >= 4 is 27.1 Å². The minimum Gasteiger partial charge on any atom is -0.0911 e. The summed E-state index contributed by atoms with van der Waals surface area (Å²) in [6.07, 6.45) is 2.19. The third-order valence-corrected chi connectivity index (χ3v) is 4.99. The first-order valence-corrected chi connectivity index (χ1v) is 8.17. The Bertz CT molecular complexity index is 789. The van der Waals surface area contributed by atoms with Gasteiger partial charge in [0.15, 0.2) is 0 Å². The van der Waals surface area contributed by atoms with E-state index >= 15 is 0 Å². The quantitative estimate of drug-likeness (QED) is 0.588. The lowest BCUT2D eigenvalue weighted by Gasteiger charge is -2.22. The molecule has 0 N–H and O–H groups in total. The van der Waals surface area contributed by atoms with Gasteiger partial charge in [0.05, 0.1) is 0 Å². The normalized spacial score (nSPS) is 17.6. The molecule has 0 aromatic heterocycles. The highest BCUT2D eigenvalue weighted by atomic mass is 79.9. The van der Waals surface area contributed by atoms with E-state index in [9.17, 15) is 0 Å². The highest BCUT2D eigenvalue weighted by Crippen LogP contribution is 2.49. The van der Waals surface area contributed by atoms with Gasteiger partial charge in [-0.3, -0.25) is 0 Å². The topological polar surface area (TPSA) is 0 Å². The SMILES string of the molecule is C=C(/C=C1\C(=C)c2ccccc2C1(C)C)c1ccc(Br)cc1. The first-order chi connectivity index (χ1) is 10.4. The van der Waals surface area contributed by atoms with Crippen molar-refractivity contribution in [1.82, 2.24) is 0 Å². The Morgan fingerprint density at radius 3 is 2.32 bits per heavy atom. The Labute approximate surface area is 141 Å². The minimum absolute atomic E-state index is 0.0357. The van der Waals surface area contributed by atoms with Crippen molar-refractivity contribution in [3.8, 4) is 0 Å². The Morgan fingerprint density at radius 2 is 1.68 bits per heavy atom. The molecule has 3 rings (SSSR count). The van der Waals surface area contributed by atoms with Crippen molar-refractivity contribution in [3.63, 3.8) is 0 Å². The third-order valence-electron chi connectivity index (χ3n) is 4.46. The van der Waals surface area contributed by atoms with Crippen molar-refractivity contribution in [2.45, 2.75) is 19.3 Å². The number of halogens is 1. The van der Waals surface area contributed by atoms with Crippen LogP contribution in [0.15, 0.2) is 77.8 Å². The summed E-state index contributed by atoms with van der Waals surface area (Å²) in [5.74, 6) is 0. The second kappa shape index (κ2) is 5.40. The van der Waals surface area contributed by atoms with E-state index in [0.29, 0.717) is 0 Å². The van der Waals surface area contributed by atoms with Gasteiger partial charge in [-0.15, -0.1) is 0 Å². The molecule has 0 spiro atoms. The second-order valence-corrected chi connectivity index (χ2v) is 7.15. The Balaban J connectivity index is 2.04. The van der Waals surface area contributed by atoms with Crippen molar-refractivity contribution in [1.29, 1.82) is 0 Å². The third kappa shape index (κ3) is 2.40. The van der Waals surface area contributed by atoms with E-state index in [1.807, 2.05) is 12.1 Å². The highest BCUT2D eigenvalue weighted by molar-refractivity contribution is 9.10. The van der Waals surface area contributed by atoms with Crippen LogP contribution in [0.5, 0.6) is 0 Å². The zero-order chi connectivity index (χ0) is 15.9. The second-order valence-electron chi connectivity index (χ2n) is 6.24. The number of hydrogen-bond donors (Lipinski definition) is 0. The molecule has 0 radical (unpaired) electrons. The van der Waals surface area contributed by atoms with Gasteiger partial charge in [-0.2, -0.15) is 0 Å². The molecule has 0 unspecified atom stereocenters. The van der Waals surface area contributed by atoms with Crippen LogP contribution in [0, 0.1) is 0 Å². The summed E-state index contributed by atoms with van der Waals surface area (Å²) in [6, 6.07) is 16.8. The number of rotatable bonds is 2. The molecule has 0 aliphatic heterocycles. The summed E-state index contributed by atoms with van der Waals surface area (Å²) in [5.41, 5.74) is 7.07. The lowest BCUT2D eigenvalue weighted by molar-refractivity contribution is 0.661. The summed E-state index contributed by atoms with van der Waals surface area (Å²) in [7, 11) is 0. The summed E-state index contributed by atoms with van der Waals surface area (Å²) in [6.45, 7) is 13.1. The van der Waals surface area contributed by atoms with Crippen LogP contribution in [0.4, 0.5) is 0 Å². The predicted octanol–water partition coefficient (Wildman–Crippen LogP) is 6.39. The molecule has 1 aliphatic rings. The maximum Gasteiger partial charge on any atom is 0.0175 e. The molecule has 0 bridgehead atoms. The molecule has 110 valence electrons. The van der Waals surface area contributed by atoms with Crippen LogP contribution in [0.1, 0.15) is 30.5 Å². The molecule has 0 atom stereocenters. The van der Waals surface area contributed by atoms with Gasteiger partial charge in [-0.05, 0) is 45.5 Å². The summed E-state index contributed by atoms with van der Waals surface area (Å²) >= 11 is 3.47. The van der Waals surface area contributed by atoms with E-state index in [0.717, 1.165) is 21.2 Å². The molecular formula is C21H19Br. The average Bonchev–Trinajstić information content (AvgIpc) is 2.69. The van der Waals surface area contributed by atoms with Gasteiger partial charge < -0.3 is 0 Å². The van der Waals surface area contributed by atoms with Crippen molar-refractivity contribution in [3.05, 3.63) is 94.5 Å². The van der Waals surface area contributed by atoms with Crippen LogP contribution < -0.4 is 0 Å². The summed E-state index contributed by atoms with van der Waals surface area (Å²) < 4.78 is 1.08. The van der Waals surface area contributed by atoms with E-state index in [4.69, 9.17) is 0 Å². The first-order valence-electron chi connectivity index (χ1n) is 7.37. The number of hydrogen-bond acceptors (Lipinski definition) is 0. The Kier molecular flexibility index (Phi) is 3.70. The van der Waals surface area contributed by atoms with Crippen LogP contribution in [0.3, 0.4) is 0 Å². The molecular weight excluding hydrogens is 332 g/mol. The molecule has 0 fully saturated rings. The summed E-state index contributed by atoms with van der Waals surface area (Å²) in [4.78, 5) is 0. The number of benzene rings is 2. The zero-order valence-electron chi connectivity index (χ0n) is 13.0. The van der Waals surface area contributed by atoms with Gasteiger partial charge in [0, 0.05) is 9.89 Å². The molecule has 1 aliphatic carbocycles. The molecule has 22 heavy (non-hydrogen) atoms. The van der Waals surface area contributed by atoms with Gasteiger partial charge in [-0.25, -0.2) is 0 Å². The van der Waals surface area contributed by atoms with Gasteiger partial charge in [-0.1, -0.05) is 85.4 Å². The number of fused-ring (bicyclic) bond motifs is 1. The highest BCUT2D eigenvalue weighted by Gasteiger charge is 2.36. The van der Waals surface area contributed by atoms with Gasteiger partial charge in [0.2, 0.25) is 0 Å². The van der Waals surface area contributed by atoms with E-state index < -0.39 is 0 Å². The smallest absolute Gasteiger partial charge is 0.0175 e. The zero-order valence-corrected chi connectivity index (χ0v) is 14.6. The summed E-state index contributed by atoms with van der Waals surface area (Å²) in [5, 5.41) is 0. The van der Waals surface area contributed by atoms with E-state index in [2.05, 4.69) is 85.4 Å². The van der Waals surface area contributed by atoms with Crippen LogP contribution in [-0.4, -0.2) is 0 Å². The standard InChI is InChI=1S/C21H19Br/c1-14(16-9-11-17(22)12-10-16)13-20-15(2)18-7-5-6-8-19(18)21(20,3)4/h5-13H,1-2H2,3-4H3/b20-13+. The Morgan fingerprint density at radius 1 is 1.05 bits per heavy atom. The Hall–Kier alpha value is -1.86. The van der Waals surface area contributed by atoms with Crippen LogP contribution in [0.2, 0.25) is 0 Å². The van der Waals surface area contributed by atoms with Gasteiger partial charge >= 0.3 is 0 Å². The monoisotopic (exact) mass is 350 g/mol. The minimum atomic E-state index is -0.0357. The van der Waals surface area contributed by atoms with E-state index in [1.165, 1.54) is 16.7 Å².